The molecular weight excluding hydrogens is 397 g/mol. The lowest BCUT2D eigenvalue weighted by Crippen LogP contribution is -2.11. The van der Waals surface area contributed by atoms with Crippen molar-refractivity contribution < 1.29 is 18.7 Å². The predicted molar refractivity (Wildman–Crippen MR) is 117 cm³/mol. The Bertz CT molecular complexity index is 1160. The quantitative estimate of drug-likeness (QED) is 0.405. The number of carbonyl (C=O) groups excluding carboxylic acids is 1. The zero-order valence-corrected chi connectivity index (χ0v) is 18.1. The van der Waals surface area contributed by atoms with Crippen molar-refractivity contribution in [2.24, 2.45) is 0 Å². The van der Waals surface area contributed by atoms with Crippen molar-refractivity contribution in [3.63, 3.8) is 0 Å². The number of hydrogen-bond donors (Lipinski definition) is 0. The molecule has 7 heteroatoms. The lowest BCUT2D eigenvalue weighted by Gasteiger charge is -2.15. The van der Waals surface area contributed by atoms with E-state index in [1.165, 1.54) is 19.4 Å². The third kappa shape index (κ3) is 3.92. The van der Waals surface area contributed by atoms with Gasteiger partial charge in [-0.05, 0) is 63.8 Å². The first-order valence-electron chi connectivity index (χ1n) is 10.7. The Morgan fingerprint density at radius 1 is 1.19 bits per heavy atom. The first kappa shape index (κ1) is 21.0. The standard InChI is InChI=1S/C24H26FN3O3/c1-4-28-21-13-16(12-19(25)18(21)14-26-28)20-11-10-17(23(27-20)30-3)22(24(29)31-5-2)15-8-6-7-9-15/h10-14H,4-9H2,1-3H3. The molecule has 3 aromatic rings. The molecule has 0 bridgehead atoms. The SMILES string of the molecule is CCOC(=O)C(=C1CCCC1)c1ccc(-c2cc(F)c3cnn(CC)c3c2)nc1OC. The topological polar surface area (TPSA) is 66.2 Å². The largest absolute Gasteiger partial charge is 0.481 e. The van der Waals surface area contributed by atoms with E-state index in [9.17, 15) is 9.18 Å². The normalized spacial score (nSPS) is 13.6. The lowest BCUT2D eigenvalue weighted by atomic mass is 9.98. The second kappa shape index (κ2) is 8.88. The van der Waals surface area contributed by atoms with Gasteiger partial charge >= 0.3 is 5.97 Å². The molecule has 0 unspecified atom stereocenters. The average molecular weight is 423 g/mol. The van der Waals surface area contributed by atoms with Crippen molar-refractivity contribution in [2.45, 2.75) is 46.1 Å². The number of allylic oxidation sites excluding steroid dienone is 1. The number of ether oxygens (including phenoxy) is 2. The number of methoxy groups -OCH3 is 1. The molecule has 162 valence electrons. The molecule has 0 spiro atoms. The van der Waals surface area contributed by atoms with Crippen LogP contribution in [0.2, 0.25) is 0 Å². The fraction of sp³-hybridized carbons (Fsp3) is 0.375. The maximum Gasteiger partial charge on any atom is 0.338 e. The average Bonchev–Trinajstić information content (AvgIpc) is 3.44. The van der Waals surface area contributed by atoms with Gasteiger partial charge in [-0.15, -0.1) is 0 Å². The lowest BCUT2D eigenvalue weighted by molar-refractivity contribution is -0.136. The highest BCUT2D eigenvalue weighted by molar-refractivity contribution is 6.18. The molecule has 1 aliphatic rings. The van der Waals surface area contributed by atoms with Crippen LogP contribution in [0.1, 0.15) is 45.1 Å². The van der Waals surface area contributed by atoms with Gasteiger partial charge < -0.3 is 9.47 Å². The second-order valence-electron chi connectivity index (χ2n) is 7.51. The van der Waals surface area contributed by atoms with E-state index in [-0.39, 0.29) is 11.8 Å². The molecule has 0 atom stereocenters. The first-order chi connectivity index (χ1) is 15.1. The summed E-state index contributed by atoms with van der Waals surface area (Å²) in [5.74, 6) is -0.381. The molecule has 31 heavy (non-hydrogen) atoms. The number of aromatic nitrogens is 3. The van der Waals surface area contributed by atoms with Crippen LogP contribution in [0, 0.1) is 5.82 Å². The molecule has 1 aliphatic carbocycles. The van der Waals surface area contributed by atoms with Crippen LogP contribution in [0.15, 0.2) is 36.0 Å². The van der Waals surface area contributed by atoms with Crippen LogP contribution in [0.25, 0.3) is 27.7 Å². The van der Waals surface area contributed by atoms with Gasteiger partial charge in [0.15, 0.2) is 0 Å². The number of rotatable bonds is 6. The highest BCUT2D eigenvalue weighted by Gasteiger charge is 2.25. The number of benzene rings is 1. The van der Waals surface area contributed by atoms with E-state index >= 15 is 0 Å². The van der Waals surface area contributed by atoms with Gasteiger partial charge in [0.05, 0.1) is 47.6 Å². The minimum Gasteiger partial charge on any atom is -0.481 e. The van der Waals surface area contributed by atoms with Crippen LogP contribution in [0.3, 0.4) is 0 Å². The van der Waals surface area contributed by atoms with Crippen LogP contribution in [0.4, 0.5) is 4.39 Å². The molecule has 1 aromatic carbocycles. The summed E-state index contributed by atoms with van der Waals surface area (Å²) in [6, 6.07) is 6.93. The Balaban J connectivity index is 1.82. The van der Waals surface area contributed by atoms with E-state index in [2.05, 4.69) is 10.1 Å². The zero-order chi connectivity index (χ0) is 22.0. The molecule has 0 aliphatic heterocycles. The number of fused-ring (bicyclic) bond motifs is 1. The van der Waals surface area contributed by atoms with E-state index in [0.717, 1.165) is 31.3 Å². The van der Waals surface area contributed by atoms with Crippen molar-refractivity contribution in [1.29, 1.82) is 0 Å². The maximum absolute atomic E-state index is 14.7. The minimum atomic E-state index is -0.355. The van der Waals surface area contributed by atoms with Gasteiger partial charge in [0, 0.05) is 12.1 Å². The maximum atomic E-state index is 14.7. The van der Waals surface area contributed by atoms with Gasteiger partial charge in [-0.2, -0.15) is 5.10 Å². The summed E-state index contributed by atoms with van der Waals surface area (Å²) in [7, 11) is 1.52. The smallest absolute Gasteiger partial charge is 0.338 e. The highest BCUT2D eigenvalue weighted by atomic mass is 19.1. The summed E-state index contributed by atoms with van der Waals surface area (Å²) in [5, 5.41) is 4.71. The molecule has 4 rings (SSSR count). The van der Waals surface area contributed by atoms with Crippen molar-refractivity contribution in [3.8, 4) is 17.1 Å². The molecule has 0 N–H and O–H groups in total. The highest BCUT2D eigenvalue weighted by Crippen LogP contribution is 2.37. The van der Waals surface area contributed by atoms with Crippen LogP contribution in [0.5, 0.6) is 5.88 Å². The Morgan fingerprint density at radius 3 is 2.65 bits per heavy atom. The van der Waals surface area contributed by atoms with Gasteiger partial charge in [-0.1, -0.05) is 5.57 Å². The fourth-order valence-corrected chi connectivity index (χ4v) is 4.18. The predicted octanol–water partition coefficient (Wildman–Crippen LogP) is 5.16. The van der Waals surface area contributed by atoms with Crippen molar-refractivity contribution >= 4 is 22.4 Å². The van der Waals surface area contributed by atoms with Crippen LogP contribution in [-0.2, 0) is 16.1 Å². The molecule has 2 heterocycles. The number of aryl methyl sites for hydroxylation is 1. The molecule has 0 saturated heterocycles. The van der Waals surface area contributed by atoms with Crippen molar-refractivity contribution in [2.75, 3.05) is 13.7 Å². The molecule has 1 saturated carbocycles. The molecule has 0 radical (unpaired) electrons. The number of carbonyl (C=O) groups is 1. The van der Waals surface area contributed by atoms with Gasteiger partial charge in [-0.25, -0.2) is 14.2 Å². The minimum absolute atomic E-state index is 0.299. The second-order valence-corrected chi connectivity index (χ2v) is 7.51. The fourth-order valence-electron chi connectivity index (χ4n) is 4.18. The van der Waals surface area contributed by atoms with Gasteiger partial charge in [-0.3, -0.25) is 4.68 Å². The summed E-state index contributed by atoms with van der Waals surface area (Å²) < 4.78 is 27.3. The molecule has 1 fully saturated rings. The number of esters is 1. The van der Waals surface area contributed by atoms with Crippen molar-refractivity contribution in [1.82, 2.24) is 14.8 Å². The third-order valence-electron chi connectivity index (χ3n) is 5.67. The summed E-state index contributed by atoms with van der Waals surface area (Å²) in [4.78, 5) is 17.4. The van der Waals surface area contributed by atoms with Gasteiger partial charge in [0.1, 0.15) is 5.82 Å². The molecule has 0 amide bonds. The summed E-state index contributed by atoms with van der Waals surface area (Å²) in [6.07, 6.45) is 5.37. The summed E-state index contributed by atoms with van der Waals surface area (Å²) in [6.45, 7) is 4.69. The summed E-state index contributed by atoms with van der Waals surface area (Å²) in [5.41, 5.74) is 4.12. The number of halogens is 1. The molecule has 6 nitrogen and oxygen atoms in total. The van der Waals surface area contributed by atoms with Crippen molar-refractivity contribution in [3.05, 3.63) is 47.4 Å². The van der Waals surface area contributed by atoms with Gasteiger partial charge in [0.2, 0.25) is 5.88 Å². The first-order valence-corrected chi connectivity index (χ1v) is 10.7. The van der Waals surface area contributed by atoms with Crippen LogP contribution >= 0.6 is 0 Å². The Kier molecular flexibility index (Phi) is 6.02. The van der Waals surface area contributed by atoms with Gasteiger partial charge in [0.25, 0.3) is 0 Å². The van der Waals surface area contributed by atoms with E-state index in [4.69, 9.17) is 9.47 Å². The number of pyridine rings is 1. The third-order valence-corrected chi connectivity index (χ3v) is 5.67. The molecular formula is C24H26FN3O3. The Labute approximate surface area is 180 Å². The van der Waals surface area contributed by atoms with E-state index in [1.54, 1.807) is 17.7 Å². The van der Waals surface area contributed by atoms with Crippen LogP contribution < -0.4 is 4.74 Å². The van der Waals surface area contributed by atoms with Crippen LogP contribution in [-0.4, -0.2) is 34.5 Å². The summed E-state index contributed by atoms with van der Waals surface area (Å²) >= 11 is 0. The Morgan fingerprint density at radius 2 is 1.97 bits per heavy atom. The Hall–Kier alpha value is -3.22. The van der Waals surface area contributed by atoms with E-state index in [0.29, 0.717) is 52.3 Å². The number of hydrogen-bond acceptors (Lipinski definition) is 5. The van der Waals surface area contributed by atoms with E-state index in [1.807, 2.05) is 19.1 Å². The monoisotopic (exact) mass is 423 g/mol. The van der Waals surface area contributed by atoms with E-state index < -0.39 is 0 Å². The number of nitrogens with zero attached hydrogens (tertiary/aromatic N) is 3. The molecule has 2 aromatic heterocycles. The zero-order valence-electron chi connectivity index (χ0n) is 18.1.